The molecule has 8 heavy (non-hydrogen) atoms. The summed E-state index contributed by atoms with van der Waals surface area (Å²) in [5, 5.41) is 10.2. The van der Waals surface area contributed by atoms with Gasteiger partial charge in [0.2, 0.25) is 5.94 Å². The molecule has 1 aliphatic rings. The quantitative estimate of drug-likeness (QED) is 0.236. The summed E-state index contributed by atoms with van der Waals surface area (Å²) in [5.41, 5.74) is 0. The number of aliphatic imine (C=N–C) groups is 1. The maximum Gasteiger partial charge on any atom is 0.412 e. The summed E-state index contributed by atoms with van der Waals surface area (Å²) in [4.78, 5) is 13.0. The number of hydroxylamine groups is 1. The van der Waals surface area contributed by atoms with Crippen molar-refractivity contribution in [2.24, 2.45) is 4.99 Å². The van der Waals surface area contributed by atoms with Crippen molar-refractivity contribution >= 4 is 18.4 Å². The van der Waals surface area contributed by atoms with Gasteiger partial charge in [0.25, 0.3) is 0 Å². The lowest BCUT2D eigenvalue weighted by atomic mass is 10.8. The first-order valence-corrected chi connectivity index (χ1v) is 1.93. The molecule has 40 valence electrons. The van der Waals surface area contributed by atoms with E-state index in [-0.39, 0.29) is 5.82 Å². The van der Waals surface area contributed by atoms with Crippen molar-refractivity contribution in [3.63, 3.8) is 0 Å². The van der Waals surface area contributed by atoms with E-state index in [4.69, 9.17) is 0 Å². The molecule has 0 saturated carbocycles. The molecule has 0 bridgehead atoms. The normalized spacial score (nSPS) is 16.0. The summed E-state index contributed by atoms with van der Waals surface area (Å²) < 4.78 is 0.354. The summed E-state index contributed by atoms with van der Waals surface area (Å²) in [6.07, 6.45) is 2.38. The molecule has 0 saturated heterocycles. The van der Waals surface area contributed by atoms with E-state index in [1.54, 1.807) is 0 Å². The smallest absolute Gasteiger partial charge is 0.412 e. The van der Waals surface area contributed by atoms with Crippen LogP contribution in [0.1, 0.15) is 0 Å². The molecule has 1 heterocycles. The second-order valence-corrected chi connectivity index (χ2v) is 1.18. The Labute approximate surface area is 45.0 Å². The van der Waals surface area contributed by atoms with Gasteiger partial charge in [0, 0.05) is 0 Å². The Hall–Kier alpha value is -1.41. The van der Waals surface area contributed by atoms with Crippen LogP contribution in [0.15, 0.2) is 10.8 Å². The summed E-state index contributed by atoms with van der Waals surface area (Å²) in [6.45, 7) is 0. The lowest BCUT2D eigenvalue weighted by molar-refractivity contribution is -0.389. The highest BCUT2D eigenvalue weighted by Gasteiger charge is 2.08. The summed E-state index contributed by atoms with van der Waals surface area (Å²) in [7, 11) is 0. The third kappa shape index (κ3) is 0.527. The van der Waals surface area contributed by atoms with Gasteiger partial charge in [-0.1, -0.05) is 0 Å². The minimum atomic E-state index is -0.218. The largest absolute Gasteiger partial charge is 0.710 e. The molecular formula is C4H2N2O2. The predicted molar refractivity (Wildman–Crippen MR) is 27.4 cm³/mol. The minimum absolute atomic E-state index is 0.218. The molecule has 0 radical (unpaired) electrons. The van der Waals surface area contributed by atoms with Crippen molar-refractivity contribution in [1.29, 1.82) is 0 Å². The number of carbonyl (C=O) groups excluding carboxylic acids is 1. The van der Waals surface area contributed by atoms with E-state index >= 15 is 0 Å². The third-order valence-electron chi connectivity index (χ3n) is 0.699. The van der Waals surface area contributed by atoms with Crippen LogP contribution in [-0.2, 0) is 4.79 Å². The molecule has 1 aliphatic heterocycles. The monoisotopic (exact) mass is 110 g/mol. The Morgan fingerprint density at radius 3 is 2.88 bits per heavy atom. The zero-order valence-corrected chi connectivity index (χ0v) is 3.87. The Bertz CT molecular complexity index is 210. The topological polar surface area (TPSA) is 55.5 Å². The van der Waals surface area contributed by atoms with E-state index in [0.717, 1.165) is 6.21 Å². The maximum absolute atomic E-state index is 10.2. The van der Waals surface area contributed by atoms with E-state index in [1.165, 1.54) is 12.2 Å². The van der Waals surface area contributed by atoms with Gasteiger partial charge in [0.05, 0.1) is 0 Å². The molecule has 4 heteroatoms. The summed E-state index contributed by atoms with van der Waals surface area (Å²) in [5.74, 6) is 1.15. The van der Waals surface area contributed by atoms with E-state index < -0.39 is 0 Å². The van der Waals surface area contributed by atoms with Gasteiger partial charge in [-0.05, 0) is 4.99 Å². The van der Waals surface area contributed by atoms with Crippen molar-refractivity contribution in [3.05, 3.63) is 11.0 Å². The van der Waals surface area contributed by atoms with Crippen LogP contribution in [0, 0.1) is 5.21 Å². The lowest BCUT2D eigenvalue weighted by Crippen LogP contribution is -1.95. The van der Waals surface area contributed by atoms with Crippen LogP contribution in [0.3, 0.4) is 0 Å². The predicted octanol–water partition coefficient (Wildman–Crippen LogP) is -0.675. The zero-order valence-electron chi connectivity index (χ0n) is 3.87. The Kier molecular flexibility index (Phi) is 0.946. The van der Waals surface area contributed by atoms with Crippen LogP contribution in [0.5, 0.6) is 0 Å². The fourth-order valence-electron chi connectivity index (χ4n) is 0.363. The molecule has 0 aromatic rings. The molecule has 0 unspecified atom stereocenters. The van der Waals surface area contributed by atoms with Crippen LogP contribution < -0.4 is 0 Å². The molecule has 0 amide bonds. The molecule has 4 nitrogen and oxygen atoms in total. The van der Waals surface area contributed by atoms with Crippen molar-refractivity contribution in [2.45, 2.75) is 0 Å². The Balaban J connectivity index is 3.05. The molecule has 0 fully saturated rings. The van der Waals surface area contributed by atoms with Crippen LogP contribution in [-0.4, -0.2) is 23.1 Å². The van der Waals surface area contributed by atoms with E-state index in [1.807, 2.05) is 0 Å². The van der Waals surface area contributed by atoms with Crippen LogP contribution in [0.25, 0.3) is 0 Å². The van der Waals surface area contributed by atoms with Crippen molar-refractivity contribution in [2.75, 3.05) is 0 Å². The maximum atomic E-state index is 10.2. The SMILES string of the molecule is O=C=C1N=CC=[N+]1[O-]. The first-order valence-electron chi connectivity index (χ1n) is 1.93. The molecular weight excluding hydrogens is 108 g/mol. The van der Waals surface area contributed by atoms with Gasteiger partial charge < -0.3 is 5.21 Å². The third-order valence-corrected chi connectivity index (χ3v) is 0.699. The second-order valence-electron chi connectivity index (χ2n) is 1.18. The van der Waals surface area contributed by atoms with Gasteiger partial charge in [-0.15, -0.1) is 0 Å². The molecule has 0 aliphatic carbocycles. The van der Waals surface area contributed by atoms with E-state index in [0.29, 0.717) is 4.74 Å². The van der Waals surface area contributed by atoms with Gasteiger partial charge >= 0.3 is 5.82 Å². The van der Waals surface area contributed by atoms with Crippen LogP contribution >= 0.6 is 0 Å². The number of hydrogen-bond donors (Lipinski definition) is 0. The fraction of sp³-hybridized carbons (Fsp3) is 0. The minimum Gasteiger partial charge on any atom is -0.710 e. The fourth-order valence-corrected chi connectivity index (χ4v) is 0.363. The van der Waals surface area contributed by atoms with Gasteiger partial charge in [0.15, 0.2) is 6.21 Å². The zero-order chi connectivity index (χ0) is 5.98. The van der Waals surface area contributed by atoms with Gasteiger partial charge in [-0.3, -0.25) is 0 Å². The standard InChI is InChI=1S/C4H2N2O2/c7-3-4-5-1-2-6(4)8/h1-2H. The highest BCUT2D eigenvalue weighted by Crippen LogP contribution is 1.93. The average Bonchev–Trinajstić information content (AvgIpc) is 2.14. The number of hydrogen-bond acceptors (Lipinski definition) is 3. The van der Waals surface area contributed by atoms with Gasteiger partial charge in [-0.25, -0.2) is 9.53 Å². The number of rotatable bonds is 0. The molecule has 0 atom stereocenters. The highest BCUT2D eigenvalue weighted by molar-refractivity contribution is 6.15. The lowest BCUT2D eigenvalue weighted by Gasteiger charge is -1.93. The van der Waals surface area contributed by atoms with Crippen LogP contribution in [0.2, 0.25) is 0 Å². The van der Waals surface area contributed by atoms with Crippen molar-refractivity contribution < 1.29 is 9.53 Å². The molecule has 0 aromatic carbocycles. The Morgan fingerprint density at radius 2 is 2.62 bits per heavy atom. The summed E-state index contributed by atoms with van der Waals surface area (Å²) >= 11 is 0. The number of nitrogens with zero attached hydrogens (tertiary/aromatic N) is 2. The molecule has 1 rings (SSSR count). The molecule has 0 spiro atoms. The van der Waals surface area contributed by atoms with Gasteiger partial charge in [0.1, 0.15) is 6.21 Å². The van der Waals surface area contributed by atoms with Crippen molar-refractivity contribution in [3.8, 4) is 0 Å². The van der Waals surface area contributed by atoms with E-state index in [9.17, 15) is 10.0 Å². The summed E-state index contributed by atoms with van der Waals surface area (Å²) in [6, 6.07) is 0. The Morgan fingerprint density at radius 1 is 1.88 bits per heavy atom. The van der Waals surface area contributed by atoms with Gasteiger partial charge in [-0.2, -0.15) is 0 Å². The van der Waals surface area contributed by atoms with E-state index in [2.05, 4.69) is 4.99 Å². The highest BCUT2D eigenvalue weighted by atomic mass is 16.5. The second kappa shape index (κ2) is 1.60. The van der Waals surface area contributed by atoms with Crippen molar-refractivity contribution in [1.82, 2.24) is 0 Å². The molecule has 0 N–H and O–H groups in total. The van der Waals surface area contributed by atoms with Crippen LogP contribution in [0.4, 0.5) is 0 Å². The average molecular weight is 110 g/mol. The first kappa shape index (κ1) is 4.74. The molecule has 0 aromatic heterocycles. The first-order chi connectivity index (χ1) is 3.84.